The minimum Gasteiger partial charge on any atom is -0.130 e. The molecule has 0 saturated carbocycles. The van der Waals surface area contributed by atoms with Crippen molar-refractivity contribution in [3.8, 4) is 22.3 Å². The van der Waals surface area contributed by atoms with Gasteiger partial charge in [-0.15, -0.1) is 10.0 Å². The zero-order valence-corrected chi connectivity index (χ0v) is 23.3. The summed E-state index contributed by atoms with van der Waals surface area (Å²) in [5.74, 6) is 0. The van der Waals surface area contributed by atoms with Crippen molar-refractivity contribution < 1.29 is 0 Å². The molecule has 40 heavy (non-hydrogen) atoms. The summed E-state index contributed by atoms with van der Waals surface area (Å²) >= 11 is 6.27. The Morgan fingerprint density at radius 3 is 1.55 bits per heavy atom. The predicted octanol–water partition coefficient (Wildman–Crippen LogP) is 11.6. The van der Waals surface area contributed by atoms with E-state index in [2.05, 4.69) is 140 Å². The van der Waals surface area contributed by atoms with Crippen LogP contribution in [0.4, 0.5) is 0 Å². The second-order valence-electron chi connectivity index (χ2n) is 10.3. The first-order valence-electron chi connectivity index (χ1n) is 13.5. The summed E-state index contributed by atoms with van der Waals surface area (Å²) in [5.41, 5.74) is 5.04. The number of hydrogen-bond donors (Lipinski definition) is 0. The molecule has 0 N–H and O–H groups in total. The fourth-order valence-corrected chi connectivity index (χ4v) is 11.2. The van der Waals surface area contributed by atoms with Crippen molar-refractivity contribution in [3.05, 3.63) is 157 Å². The molecule has 0 unspecified atom stereocenters. The first kappa shape index (κ1) is 23.6. The Balaban J connectivity index is 1.58. The van der Waals surface area contributed by atoms with Crippen LogP contribution in [0.1, 0.15) is 0 Å². The van der Waals surface area contributed by atoms with Gasteiger partial charge < -0.3 is 0 Å². The summed E-state index contributed by atoms with van der Waals surface area (Å²) in [6.45, 7) is 0. The van der Waals surface area contributed by atoms with E-state index in [1.165, 1.54) is 63.4 Å². The molecule has 1 heterocycles. The molecule has 0 amide bonds. The Morgan fingerprint density at radius 1 is 0.375 bits per heavy atom. The van der Waals surface area contributed by atoms with Gasteiger partial charge in [-0.1, -0.05) is 127 Å². The van der Waals surface area contributed by atoms with E-state index >= 15 is 0 Å². The van der Waals surface area contributed by atoms with Crippen LogP contribution in [0, 0.1) is 0 Å². The number of hydrogen-bond acceptors (Lipinski definition) is 0. The lowest BCUT2D eigenvalue weighted by molar-refractivity contribution is 1.34. The van der Waals surface area contributed by atoms with Crippen LogP contribution in [0.5, 0.6) is 0 Å². The van der Waals surface area contributed by atoms with Crippen LogP contribution in [0.15, 0.2) is 171 Å². The fourth-order valence-electron chi connectivity index (χ4n) is 6.41. The first-order chi connectivity index (χ1) is 19.7. The molecule has 0 atom stereocenters. The Bertz CT molecular complexity index is 1980. The summed E-state index contributed by atoms with van der Waals surface area (Å²) < 4.78 is 0. The van der Waals surface area contributed by atoms with Gasteiger partial charge >= 0.3 is 0 Å². The number of halogens is 1. The Hall–Kier alpha value is -4.30. The second kappa shape index (κ2) is 9.13. The van der Waals surface area contributed by atoms with E-state index in [9.17, 15) is 0 Å². The molecule has 8 rings (SSSR count). The van der Waals surface area contributed by atoms with Crippen LogP contribution in [0.2, 0.25) is 5.02 Å². The third-order valence-electron chi connectivity index (χ3n) is 8.16. The van der Waals surface area contributed by atoms with Gasteiger partial charge in [0.05, 0.1) is 0 Å². The Morgan fingerprint density at radius 2 is 0.875 bits per heavy atom. The molecule has 1 aliphatic rings. The van der Waals surface area contributed by atoms with Gasteiger partial charge in [-0.05, 0) is 80.2 Å². The minimum absolute atomic E-state index is 0.754. The average molecular weight is 549 g/mol. The molecular formula is C38H25ClS. The van der Waals surface area contributed by atoms with Gasteiger partial charge in [0, 0.05) is 24.6 Å². The lowest BCUT2D eigenvalue weighted by Gasteiger charge is -2.41. The van der Waals surface area contributed by atoms with E-state index in [1.54, 1.807) is 0 Å². The lowest BCUT2D eigenvalue weighted by atomic mass is 10.0. The van der Waals surface area contributed by atoms with E-state index in [0.29, 0.717) is 0 Å². The topological polar surface area (TPSA) is 0 Å². The monoisotopic (exact) mass is 548 g/mol. The molecule has 0 fully saturated rings. The normalized spacial score (nSPS) is 14.1. The molecule has 7 aromatic carbocycles. The summed E-state index contributed by atoms with van der Waals surface area (Å²) in [6.07, 6.45) is 0. The number of fused-ring (bicyclic) bond motifs is 5. The van der Waals surface area contributed by atoms with Crippen LogP contribution in [0.25, 0.3) is 43.8 Å². The van der Waals surface area contributed by atoms with Crippen LogP contribution >= 0.6 is 21.6 Å². The van der Waals surface area contributed by atoms with Gasteiger partial charge in [0.2, 0.25) is 0 Å². The maximum Gasteiger partial charge on any atom is 0.0406 e. The SMILES string of the molecule is Clc1ccc(-c2ccc3c(c2)S(c2cccc4ccccc24)(c2cccc4ccccc24)c2ccccc2-3)cc1. The van der Waals surface area contributed by atoms with Crippen LogP contribution < -0.4 is 0 Å². The van der Waals surface area contributed by atoms with Crippen molar-refractivity contribution >= 4 is 43.2 Å². The van der Waals surface area contributed by atoms with E-state index in [4.69, 9.17) is 11.6 Å². The molecule has 0 spiro atoms. The highest BCUT2D eigenvalue weighted by Gasteiger charge is 2.43. The van der Waals surface area contributed by atoms with Crippen LogP contribution in [0.3, 0.4) is 0 Å². The van der Waals surface area contributed by atoms with Crippen molar-refractivity contribution in [2.75, 3.05) is 0 Å². The standard InChI is InChI=1S/C38H25ClS/c39-30-22-19-26(20-23-30)29-21-24-34-33-15-5-6-16-37(33)40(38(34)25-29,35-17-7-11-27-9-1-3-13-31(27)35)36-18-8-12-28-10-2-4-14-32(28)36/h1-25H. The predicted molar refractivity (Wildman–Crippen MR) is 171 cm³/mol. The highest BCUT2D eigenvalue weighted by atomic mass is 35.5. The third kappa shape index (κ3) is 3.35. The van der Waals surface area contributed by atoms with Crippen LogP contribution in [-0.2, 0) is 0 Å². The quantitative estimate of drug-likeness (QED) is 0.206. The molecule has 2 heteroatoms. The van der Waals surface area contributed by atoms with Crippen LogP contribution in [-0.4, -0.2) is 0 Å². The summed E-state index contributed by atoms with van der Waals surface area (Å²) in [4.78, 5) is 5.59. The van der Waals surface area contributed by atoms with Gasteiger partial charge in [0.25, 0.3) is 0 Å². The Kier molecular flexibility index (Phi) is 5.38. The van der Waals surface area contributed by atoms with Gasteiger partial charge in [-0.3, -0.25) is 0 Å². The Labute approximate surface area is 240 Å². The number of rotatable bonds is 3. The van der Waals surface area contributed by atoms with Crippen molar-refractivity contribution in [3.63, 3.8) is 0 Å². The molecule has 1 aliphatic heterocycles. The zero-order valence-electron chi connectivity index (χ0n) is 21.7. The molecule has 0 aliphatic carbocycles. The van der Waals surface area contributed by atoms with Crippen molar-refractivity contribution in [2.24, 2.45) is 0 Å². The summed E-state index contributed by atoms with van der Waals surface area (Å²) in [7, 11) is -1.86. The maximum absolute atomic E-state index is 6.27. The van der Waals surface area contributed by atoms with E-state index in [0.717, 1.165) is 5.02 Å². The van der Waals surface area contributed by atoms with E-state index in [-0.39, 0.29) is 0 Å². The maximum atomic E-state index is 6.27. The highest BCUT2D eigenvalue weighted by Crippen LogP contribution is 2.81. The minimum atomic E-state index is -1.86. The molecule has 0 radical (unpaired) electrons. The molecule has 7 aromatic rings. The zero-order chi connectivity index (χ0) is 26.7. The smallest absolute Gasteiger partial charge is 0.0406 e. The van der Waals surface area contributed by atoms with Crippen molar-refractivity contribution in [1.82, 2.24) is 0 Å². The summed E-state index contributed by atoms with van der Waals surface area (Å²) in [5, 5.41) is 5.92. The highest BCUT2D eigenvalue weighted by molar-refractivity contribution is 8.34. The molecule has 0 aromatic heterocycles. The second-order valence-corrected chi connectivity index (χ2v) is 13.7. The number of benzene rings is 7. The average Bonchev–Trinajstić information content (AvgIpc) is 3.31. The van der Waals surface area contributed by atoms with Gasteiger partial charge in [0.15, 0.2) is 0 Å². The van der Waals surface area contributed by atoms with Crippen molar-refractivity contribution in [2.45, 2.75) is 19.6 Å². The molecule has 0 nitrogen and oxygen atoms in total. The van der Waals surface area contributed by atoms with Gasteiger partial charge in [0.1, 0.15) is 0 Å². The lowest BCUT2D eigenvalue weighted by Crippen LogP contribution is -2.04. The first-order valence-corrected chi connectivity index (χ1v) is 15.5. The molecule has 190 valence electrons. The fraction of sp³-hybridized carbons (Fsp3) is 0. The molecular weight excluding hydrogens is 524 g/mol. The largest absolute Gasteiger partial charge is 0.130 e. The van der Waals surface area contributed by atoms with Gasteiger partial charge in [-0.25, -0.2) is 0 Å². The van der Waals surface area contributed by atoms with E-state index < -0.39 is 10.0 Å². The molecule has 0 bridgehead atoms. The summed E-state index contributed by atoms with van der Waals surface area (Å²) in [6, 6.07) is 55.7. The van der Waals surface area contributed by atoms with Crippen molar-refractivity contribution in [1.29, 1.82) is 0 Å². The third-order valence-corrected chi connectivity index (χ3v) is 12.5. The van der Waals surface area contributed by atoms with Gasteiger partial charge in [-0.2, -0.15) is 0 Å². The van der Waals surface area contributed by atoms with E-state index in [1.807, 2.05) is 12.1 Å². The molecule has 0 saturated heterocycles.